The molecule has 0 aliphatic carbocycles. The number of rotatable bonds is 10. The van der Waals surface area contributed by atoms with Crippen molar-refractivity contribution in [3.05, 3.63) is 0 Å². The molecular weight excluding hydrogens is 459 g/mol. The van der Waals surface area contributed by atoms with Crippen molar-refractivity contribution in [2.45, 2.75) is 45.3 Å². The number of guanidine groups is 1. The monoisotopic (exact) mass is 498 g/mol. The second-order valence-corrected chi connectivity index (χ2v) is 7.52. The smallest absolute Gasteiger partial charge is 0.191 e. The number of aliphatic imine (C=N–C) groups is 1. The standard InChI is InChI=1S/C19H38N4O3.HI/c1-16(2)13-17(23-7-11-24-12-8-23)14-22-19(20-3)21-6-10-25-15-18-5-4-9-26-18;/h16-18H,4-15H2,1-3H3,(H2,20,21,22);1H. The van der Waals surface area contributed by atoms with E-state index in [1.54, 1.807) is 0 Å². The van der Waals surface area contributed by atoms with Crippen LogP contribution in [-0.2, 0) is 14.2 Å². The average molecular weight is 498 g/mol. The van der Waals surface area contributed by atoms with Crippen LogP contribution in [0.5, 0.6) is 0 Å². The van der Waals surface area contributed by atoms with Gasteiger partial charge in [0.2, 0.25) is 0 Å². The molecule has 2 rings (SSSR count). The van der Waals surface area contributed by atoms with Crippen LogP contribution in [0.3, 0.4) is 0 Å². The Morgan fingerprint density at radius 3 is 2.63 bits per heavy atom. The summed E-state index contributed by atoms with van der Waals surface area (Å²) in [6.45, 7) is 12.2. The molecule has 8 heteroatoms. The Bertz CT molecular complexity index is 400. The number of hydrogen-bond donors (Lipinski definition) is 2. The predicted molar refractivity (Wildman–Crippen MR) is 120 cm³/mol. The van der Waals surface area contributed by atoms with Crippen LogP contribution in [-0.4, -0.2) is 89.3 Å². The molecule has 0 amide bonds. The molecule has 7 nitrogen and oxygen atoms in total. The Morgan fingerprint density at radius 2 is 2.00 bits per heavy atom. The highest BCUT2D eigenvalue weighted by Crippen LogP contribution is 2.13. The molecule has 0 aromatic carbocycles. The summed E-state index contributed by atoms with van der Waals surface area (Å²) in [5.74, 6) is 1.51. The molecule has 2 saturated heterocycles. The molecule has 2 N–H and O–H groups in total. The molecule has 0 bridgehead atoms. The van der Waals surface area contributed by atoms with Crippen molar-refractivity contribution in [1.29, 1.82) is 0 Å². The van der Waals surface area contributed by atoms with Crippen LogP contribution < -0.4 is 10.6 Å². The Labute approximate surface area is 182 Å². The van der Waals surface area contributed by atoms with Gasteiger partial charge in [0.1, 0.15) is 0 Å². The summed E-state index contributed by atoms with van der Waals surface area (Å²) in [4.78, 5) is 6.87. The minimum absolute atomic E-state index is 0. The third-order valence-corrected chi connectivity index (χ3v) is 4.90. The molecular formula is C19H39IN4O3. The first-order chi connectivity index (χ1) is 12.7. The fourth-order valence-electron chi connectivity index (χ4n) is 3.52. The van der Waals surface area contributed by atoms with Gasteiger partial charge in [-0.05, 0) is 25.2 Å². The molecule has 0 aromatic heterocycles. The summed E-state index contributed by atoms with van der Waals surface area (Å²) in [5.41, 5.74) is 0. The first kappa shape index (κ1) is 24.9. The highest BCUT2D eigenvalue weighted by molar-refractivity contribution is 14.0. The van der Waals surface area contributed by atoms with Gasteiger partial charge in [0, 0.05) is 45.9 Å². The van der Waals surface area contributed by atoms with Gasteiger partial charge in [0.25, 0.3) is 0 Å². The second-order valence-electron chi connectivity index (χ2n) is 7.52. The zero-order valence-corrected chi connectivity index (χ0v) is 19.6. The Morgan fingerprint density at radius 1 is 1.22 bits per heavy atom. The zero-order chi connectivity index (χ0) is 18.6. The first-order valence-corrected chi connectivity index (χ1v) is 10.1. The van der Waals surface area contributed by atoms with Crippen molar-refractivity contribution in [2.75, 3.05) is 66.3 Å². The second kappa shape index (κ2) is 14.8. The maximum absolute atomic E-state index is 5.69. The van der Waals surface area contributed by atoms with Crippen molar-refractivity contribution in [3.63, 3.8) is 0 Å². The molecule has 2 aliphatic rings. The molecule has 160 valence electrons. The topological polar surface area (TPSA) is 67.4 Å². The fraction of sp³-hybridized carbons (Fsp3) is 0.947. The van der Waals surface area contributed by atoms with Crippen LogP contribution >= 0.6 is 24.0 Å². The van der Waals surface area contributed by atoms with E-state index in [1.807, 2.05) is 7.05 Å². The fourth-order valence-corrected chi connectivity index (χ4v) is 3.52. The van der Waals surface area contributed by atoms with E-state index in [4.69, 9.17) is 14.2 Å². The van der Waals surface area contributed by atoms with Crippen molar-refractivity contribution in [1.82, 2.24) is 15.5 Å². The molecule has 2 unspecified atom stereocenters. The number of hydrogen-bond acceptors (Lipinski definition) is 5. The van der Waals surface area contributed by atoms with Gasteiger partial charge in [-0.25, -0.2) is 0 Å². The Balaban J connectivity index is 0.00000364. The quantitative estimate of drug-likeness (QED) is 0.207. The minimum Gasteiger partial charge on any atom is -0.379 e. The van der Waals surface area contributed by atoms with E-state index in [-0.39, 0.29) is 30.1 Å². The van der Waals surface area contributed by atoms with Gasteiger partial charge in [-0.3, -0.25) is 9.89 Å². The normalized spacial score (nSPS) is 22.5. The largest absolute Gasteiger partial charge is 0.379 e. The molecule has 0 radical (unpaired) electrons. The third kappa shape index (κ3) is 10.3. The maximum Gasteiger partial charge on any atom is 0.191 e. The van der Waals surface area contributed by atoms with Gasteiger partial charge in [-0.2, -0.15) is 0 Å². The van der Waals surface area contributed by atoms with E-state index >= 15 is 0 Å². The summed E-state index contributed by atoms with van der Waals surface area (Å²) in [5, 5.41) is 6.82. The first-order valence-electron chi connectivity index (χ1n) is 10.1. The number of nitrogens with one attached hydrogen (secondary N) is 2. The van der Waals surface area contributed by atoms with Gasteiger partial charge in [-0.15, -0.1) is 24.0 Å². The summed E-state index contributed by atoms with van der Waals surface area (Å²) >= 11 is 0. The van der Waals surface area contributed by atoms with Crippen LogP contribution in [0.2, 0.25) is 0 Å². The maximum atomic E-state index is 5.69. The van der Waals surface area contributed by atoms with E-state index < -0.39 is 0 Å². The number of halogens is 1. The van der Waals surface area contributed by atoms with Gasteiger partial charge < -0.3 is 24.8 Å². The minimum atomic E-state index is 0. The summed E-state index contributed by atoms with van der Waals surface area (Å²) in [7, 11) is 1.81. The summed E-state index contributed by atoms with van der Waals surface area (Å²) in [6.07, 6.45) is 3.74. The van der Waals surface area contributed by atoms with E-state index in [1.165, 1.54) is 6.42 Å². The number of ether oxygens (including phenoxy) is 3. The Kier molecular flexibility index (Phi) is 13.6. The van der Waals surface area contributed by atoms with Gasteiger partial charge in [-0.1, -0.05) is 13.8 Å². The van der Waals surface area contributed by atoms with Crippen LogP contribution in [0.4, 0.5) is 0 Å². The van der Waals surface area contributed by atoms with Crippen molar-refractivity contribution >= 4 is 29.9 Å². The highest BCUT2D eigenvalue weighted by atomic mass is 127. The molecule has 0 aromatic rings. The predicted octanol–water partition coefficient (Wildman–Crippen LogP) is 1.71. The van der Waals surface area contributed by atoms with Crippen LogP contribution in [0.1, 0.15) is 33.1 Å². The molecule has 2 atom stereocenters. The Hall–Kier alpha value is -0.160. The zero-order valence-electron chi connectivity index (χ0n) is 17.2. The summed E-state index contributed by atoms with van der Waals surface area (Å²) < 4.78 is 16.7. The van der Waals surface area contributed by atoms with Crippen LogP contribution in [0.25, 0.3) is 0 Å². The highest BCUT2D eigenvalue weighted by Gasteiger charge is 2.22. The van der Waals surface area contributed by atoms with Crippen molar-refractivity contribution < 1.29 is 14.2 Å². The van der Waals surface area contributed by atoms with Crippen LogP contribution in [0.15, 0.2) is 4.99 Å². The summed E-state index contributed by atoms with van der Waals surface area (Å²) in [6, 6.07) is 0.508. The lowest BCUT2D eigenvalue weighted by atomic mass is 10.0. The third-order valence-electron chi connectivity index (χ3n) is 4.90. The van der Waals surface area contributed by atoms with E-state index in [2.05, 4.69) is 34.4 Å². The van der Waals surface area contributed by atoms with E-state index in [0.717, 1.165) is 64.8 Å². The molecule has 0 spiro atoms. The number of morpholine rings is 1. The molecule has 2 heterocycles. The van der Waals surface area contributed by atoms with Crippen molar-refractivity contribution in [3.8, 4) is 0 Å². The number of nitrogens with zero attached hydrogens (tertiary/aromatic N) is 2. The molecule has 0 saturated carbocycles. The molecule has 2 aliphatic heterocycles. The van der Waals surface area contributed by atoms with Crippen LogP contribution in [0, 0.1) is 5.92 Å². The lowest BCUT2D eigenvalue weighted by Crippen LogP contribution is -2.51. The average Bonchev–Trinajstić information content (AvgIpc) is 3.16. The van der Waals surface area contributed by atoms with Gasteiger partial charge >= 0.3 is 0 Å². The van der Waals surface area contributed by atoms with E-state index in [0.29, 0.717) is 25.2 Å². The van der Waals surface area contributed by atoms with E-state index in [9.17, 15) is 0 Å². The van der Waals surface area contributed by atoms with Gasteiger partial charge in [0.15, 0.2) is 5.96 Å². The molecule has 2 fully saturated rings. The lowest BCUT2D eigenvalue weighted by Gasteiger charge is -2.35. The molecule has 27 heavy (non-hydrogen) atoms. The van der Waals surface area contributed by atoms with Gasteiger partial charge in [0.05, 0.1) is 32.5 Å². The SMILES string of the molecule is CN=C(NCCOCC1CCCO1)NCC(CC(C)C)N1CCOCC1.I. The van der Waals surface area contributed by atoms with Crippen molar-refractivity contribution in [2.24, 2.45) is 10.9 Å². The lowest BCUT2D eigenvalue weighted by molar-refractivity contribution is 0.0132.